The first kappa shape index (κ1) is 16.2. The average molecular weight is 349 g/mol. The Bertz CT molecular complexity index is 743. The second kappa shape index (κ2) is 7.25. The van der Waals surface area contributed by atoms with Crippen molar-refractivity contribution in [3.05, 3.63) is 52.9 Å². The Morgan fingerprint density at radius 3 is 2.91 bits per heavy atom. The van der Waals surface area contributed by atoms with Crippen LogP contribution in [-0.2, 0) is 10.0 Å². The van der Waals surface area contributed by atoms with Crippen LogP contribution >= 0.6 is 11.3 Å². The van der Waals surface area contributed by atoms with E-state index in [0.29, 0.717) is 6.54 Å². The van der Waals surface area contributed by atoms with Gasteiger partial charge < -0.3 is 4.90 Å². The Morgan fingerprint density at radius 1 is 1.35 bits per heavy atom. The van der Waals surface area contributed by atoms with Gasteiger partial charge in [0.25, 0.3) is 0 Å². The van der Waals surface area contributed by atoms with Gasteiger partial charge in [-0.25, -0.2) is 18.1 Å². The lowest BCUT2D eigenvalue weighted by molar-refractivity contribution is 0.575. The van der Waals surface area contributed by atoms with Crippen LogP contribution in [0.4, 0.5) is 5.13 Å². The highest BCUT2D eigenvalue weighted by atomic mass is 32.2. The van der Waals surface area contributed by atoms with Crippen molar-refractivity contribution in [1.29, 1.82) is 0 Å². The molecule has 2 heterocycles. The van der Waals surface area contributed by atoms with Crippen molar-refractivity contribution in [2.45, 2.75) is 18.9 Å². The van der Waals surface area contributed by atoms with Crippen molar-refractivity contribution in [2.24, 2.45) is 0 Å². The number of thiazole rings is 1. The third-order valence-electron chi connectivity index (χ3n) is 3.80. The lowest BCUT2D eigenvalue weighted by Gasteiger charge is -2.23. The lowest BCUT2D eigenvalue weighted by Crippen LogP contribution is -2.39. The summed E-state index contributed by atoms with van der Waals surface area (Å²) in [4.78, 5) is 6.51. The molecule has 1 N–H and O–H groups in total. The number of sulfonamides is 1. The molecule has 0 unspecified atom stereocenters. The summed E-state index contributed by atoms with van der Waals surface area (Å²) < 4.78 is 26.9. The fourth-order valence-corrected chi connectivity index (χ4v) is 4.25. The predicted molar refractivity (Wildman–Crippen MR) is 94.9 cm³/mol. The van der Waals surface area contributed by atoms with Gasteiger partial charge in [-0.2, -0.15) is 0 Å². The van der Waals surface area contributed by atoms with Crippen molar-refractivity contribution >= 4 is 32.6 Å². The van der Waals surface area contributed by atoms with E-state index in [0.717, 1.165) is 30.1 Å². The molecule has 2 aromatic rings. The molecule has 23 heavy (non-hydrogen) atoms. The van der Waals surface area contributed by atoms with Gasteiger partial charge in [-0.3, -0.25) is 0 Å². The van der Waals surface area contributed by atoms with E-state index in [9.17, 15) is 8.42 Å². The van der Waals surface area contributed by atoms with Gasteiger partial charge in [-0.15, -0.1) is 11.3 Å². The number of hydrogen-bond donors (Lipinski definition) is 1. The zero-order chi connectivity index (χ0) is 16.1. The van der Waals surface area contributed by atoms with Gasteiger partial charge in [-0.1, -0.05) is 30.3 Å². The predicted octanol–water partition coefficient (Wildman–Crippen LogP) is 2.70. The van der Waals surface area contributed by atoms with Crippen LogP contribution in [0.3, 0.4) is 0 Å². The van der Waals surface area contributed by atoms with Crippen molar-refractivity contribution in [3.8, 4) is 0 Å². The molecule has 1 aliphatic heterocycles. The van der Waals surface area contributed by atoms with Crippen LogP contribution in [0.5, 0.6) is 0 Å². The smallest absolute Gasteiger partial charge is 0.233 e. The summed E-state index contributed by atoms with van der Waals surface area (Å²) in [6, 6.07) is 9.56. The summed E-state index contributed by atoms with van der Waals surface area (Å²) in [6.07, 6.45) is 5.42. The van der Waals surface area contributed by atoms with Gasteiger partial charge in [0.1, 0.15) is 0 Å². The largest absolute Gasteiger partial charge is 0.344 e. The molecule has 0 spiro atoms. The fraction of sp³-hybridized carbons (Fsp3) is 0.312. The summed E-state index contributed by atoms with van der Waals surface area (Å²) in [6.45, 7) is 1.33. The number of anilines is 1. The van der Waals surface area contributed by atoms with Gasteiger partial charge in [0.2, 0.25) is 10.0 Å². The van der Waals surface area contributed by atoms with Gasteiger partial charge in [0.05, 0.1) is 0 Å². The van der Waals surface area contributed by atoms with Crippen LogP contribution < -0.4 is 9.62 Å². The molecule has 3 rings (SSSR count). The summed E-state index contributed by atoms with van der Waals surface area (Å²) in [5.74, 6) is 0. The average Bonchev–Trinajstić information content (AvgIpc) is 3.23. The highest BCUT2D eigenvalue weighted by Crippen LogP contribution is 2.26. The number of hydrogen-bond acceptors (Lipinski definition) is 5. The maximum Gasteiger partial charge on any atom is 0.233 e. The van der Waals surface area contributed by atoms with Crippen molar-refractivity contribution in [1.82, 2.24) is 9.71 Å². The number of aromatic nitrogens is 1. The van der Waals surface area contributed by atoms with E-state index >= 15 is 0 Å². The molecule has 1 aromatic heterocycles. The zero-order valence-corrected chi connectivity index (χ0v) is 14.3. The van der Waals surface area contributed by atoms with E-state index < -0.39 is 10.0 Å². The lowest BCUT2D eigenvalue weighted by atomic mass is 10.2. The minimum Gasteiger partial charge on any atom is -0.344 e. The maximum absolute atomic E-state index is 12.1. The first-order valence-electron chi connectivity index (χ1n) is 7.53. The summed E-state index contributed by atoms with van der Waals surface area (Å²) in [5.41, 5.74) is 0.864. The molecule has 0 amide bonds. The van der Waals surface area contributed by atoms with Crippen LogP contribution in [0.15, 0.2) is 47.3 Å². The molecule has 1 aliphatic rings. The molecule has 0 bridgehead atoms. The van der Waals surface area contributed by atoms with Crippen LogP contribution in [0.25, 0.3) is 6.08 Å². The van der Waals surface area contributed by atoms with Crippen LogP contribution in [0.2, 0.25) is 0 Å². The van der Waals surface area contributed by atoms with Gasteiger partial charge >= 0.3 is 0 Å². The molecular weight excluding hydrogens is 330 g/mol. The molecule has 5 nitrogen and oxygen atoms in total. The molecule has 1 saturated heterocycles. The summed E-state index contributed by atoms with van der Waals surface area (Å²) in [5, 5.41) is 4.13. The number of benzene rings is 1. The molecule has 0 aliphatic carbocycles. The summed E-state index contributed by atoms with van der Waals surface area (Å²) >= 11 is 1.59. The standard InChI is InChI=1S/C16H19N3O2S2/c20-23(21,12-8-14-5-2-1-3-6-14)18-13-15-7-4-10-19(15)16-17-9-11-22-16/h1-3,5-6,8-9,11-12,15,18H,4,7,10,13H2/b12-8+/t15-/m1/s1. The maximum atomic E-state index is 12.1. The molecule has 0 saturated carbocycles. The van der Waals surface area contributed by atoms with Crippen molar-refractivity contribution < 1.29 is 8.42 Å². The monoisotopic (exact) mass is 349 g/mol. The Balaban J connectivity index is 1.59. The van der Waals surface area contributed by atoms with Crippen LogP contribution in [-0.4, -0.2) is 32.5 Å². The zero-order valence-electron chi connectivity index (χ0n) is 12.6. The second-order valence-electron chi connectivity index (χ2n) is 5.41. The minimum absolute atomic E-state index is 0.168. The van der Waals surface area contributed by atoms with E-state index in [-0.39, 0.29) is 6.04 Å². The second-order valence-corrected chi connectivity index (χ2v) is 7.93. The quantitative estimate of drug-likeness (QED) is 0.871. The topological polar surface area (TPSA) is 62.3 Å². The first-order valence-corrected chi connectivity index (χ1v) is 9.95. The third-order valence-corrected chi connectivity index (χ3v) is 5.67. The number of nitrogens with one attached hydrogen (secondary N) is 1. The van der Waals surface area contributed by atoms with Gasteiger partial charge in [0.15, 0.2) is 5.13 Å². The molecule has 1 aromatic carbocycles. The fourth-order valence-electron chi connectivity index (χ4n) is 2.65. The Morgan fingerprint density at radius 2 is 2.17 bits per heavy atom. The van der Waals surface area contributed by atoms with Crippen LogP contribution in [0.1, 0.15) is 18.4 Å². The molecule has 122 valence electrons. The minimum atomic E-state index is -3.43. The van der Waals surface area contributed by atoms with Crippen molar-refractivity contribution in [2.75, 3.05) is 18.0 Å². The molecular formula is C16H19N3O2S2. The molecule has 0 radical (unpaired) electrons. The van der Waals surface area contributed by atoms with E-state index in [2.05, 4.69) is 14.6 Å². The third kappa shape index (κ3) is 4.40. The Hall–Kier alpha value is -1.70. The van der Waals surface area contributed by atoms with Gasteiger partial charge in [-0.05, 0) is 24.5 Å². The highest BCUT2D eigenvalue weighted by molar-refractivity contribution is 7.92. The molecule has 1 fully saturated rings. The first-order chi connectivity index (χ1) is 11.1. The molecule has 1 atom stereocenters. The van der Waals surface area contributed by atoms with Crippen LogP contribution in [0, 0.1) is 0 Å². The van der Waals surface area contributed by atoms with Crippen molar-refractivity contribution in [3.63, 3.8) is 0 Å². The normalized spacial score (nSPS) is 18.8. The Kier molecular flexibility index (Phi) is 5.09. The molecule has 7 heteroatoms. The van der Waals surface area contributed by atoms with E-state index in [1.165, 1.54) is 5.41 Å². The summed E-state index contributed by atoms with van der Waals surface area (Å²) in [7, 11) is -3.43. The van der Waals surface area contributed by atoms with E-state index in [1.807, 2.05) is 35.7 Å². The van der Waals surface area contributed by atoms with E-state index in [1.54, 1.807) is 23.6 Å². The highest BCUT2D eigenvalue weighted by Gasteiger charge is 2.27. The number of nitrogens with zero attached hydrogens (tertiary/aromatic N) is 2. The number of rotatable bonds is 6. The Labute approximate surface area is 140 Å². The van der Waals surface area contributed by atoms with E-state index in [4.69, 9.17) is 0 Å². The van der Waals surface area contributed by atoms with Gasteiger partial charge in [0, 0.05) is 36.1 Å². The SMILES string of the molecule is O=S(=O)(/C=C/c1ccccc1)NC[C@H]1CCCN1c1nccs1.